The summed E-state index contributed by atoms with van der Waals surface area (Å²) in [6.45, 7) is 0. The van der Waals surface area contributed by atoms with E-state index in [9.17, 15) is 4.79 Å². The first-order valence-electron chi connectivity index (χ1n) is 7.72. The Labute approximate surface area is 152 Å². The lowest BCUT2D eigenvalue weighted by atomic mass is 10.3. The molecule has 0 unspecified atom stereocenters. The number of fused-ring (bicyclic) bond motifs is 1. The van der Waals surface area contributed by atoms with Crippen LogP contribution in [0.2, 0.25) is 0 Å². The predicted molar refractivity (Wildman–Crippen MR) is 103 cm³/mol. The van der Waals surface area contributed by atoms with Gasteiger partial charge in [-0.3, -0.25) is 4.79 Å². The molecule has 0 saturated carbocycles. The summed E-state index contributed by atoms with van der Waals surface area (Å²) in [5.74, 6) is 1.48. The normalized spacial score (nSPS) is 10.7. The number of para-hydroxylation sites is 1. The highest BCUT2D eigenvalue weighted by Crippen LogP contribution is 2.31. The summed E-state index contributed by atoms with van der Waals surface area (Å²) in [5, 5.41) is 5.44. The fourth-order valence-corrected chi connectivity index (χ4v) is 4.00. The van der Waals surface area contributed by atoms with Crippen LogP contribution in [0.3, 0.4) is 0 Å². The minimum Gasteiger partial charge on any atom is -0.457 e. The molecule has 0 aliphatic heterocycles. The Morgan fingerprint density at radius 2 is 1.92 bits per heavy atom. The zero-order chi connectivity index (χ0) is 17.1. The Hall–Kier alpha value is -2.70. The van der Waals surface area contributed by atoms with E-state index >= 15 is 0 Å². The molecule has 1 N–H and O–H groups in total. The molecule has 1 amide bonds. The van der Waals surface area contributed by atoms with Crippen molar-refractivity contribution >= 4 is 43.9 Å². The van der Waals surface area contributed by atoms with Crippen molar-refractivity contribution in [3.05, 3.63) is 70.9 Å². The monoisotopic (exact) mass is 366 g/mol. The Morgan fingerprint density at radius 1 is 1.04 bits per heavy atom. The fraction of sp³-hybridized carbons (Fsp3) is 0.0526. The van der Waals surface area contributed by atoms with Gasteiger partial charge in [-0.2, -0.15) is 0 Å². The number of anilines is 1. The van der Waals surface area contributed by atoms with Gasteiger partial charge in [-0.05, 0) is 35.7 Å². The molecule has 4 nitrogen and oxygen atoms in total. The standard InChI is InChI=1S/C19H14N2O2S2/c22-18(12-15-7-4-10-24-15)21-19-20-16-9-8-14(11-17(16)25-19)23-13-5-2-1-3-6-13/h1-11H,12H2,(H,20,21,22). The molecule has 124 valence electrons. The summed E-state index contributed by atoms with van der Waals surface area (Å²) in [6, 6.07) is 19.3. The number of carbonyl (C=O) groups is 1. The lowest BCUT2D eigenvalue weighted by Gasteiger charge is -2.04. The Kier molecular flexibility index (Phi) is 4.45. The number of nitrogens with zero attached hydrogens (tertiary/aromatic N) is 1. The number of thiophene rings is 1. The van der Waals surface area contributed by atoms with Crippen LogP contribution in [0.4, 0.5) is 5.13 Å². The van der Waals surface area contributed by atoms with Crippen molar-refractivity contribution in [2.45, 2.75) is 6.42 Å². The molecule has 2 aromatic heterocycles. The maximum atomic E-state index is 12.1. The number of amides is 1. The lowest BCUT2D eigenvalue weighted by Crippen LogP contribution is -2.13. The summed E-state index contributed by atoms with van der Waals surface area (Å²) < 4.78 is 6.81. The Morgan fingerprint density at radius 3 is 2.72 bits per heavy atom. The number of rotatable bonds is 5. The largest absolute Gasteiger partial charge is 0.457 e. The summed E-state index contributed by atoms with van der Waals surface area (Å²) in [7, 11) is 0. The predicted octanol–water partition coefficient (Wildman–Crippen LogP) is 5.33. The van der Waals surface area contributed by atoms with Crippen molar-refractivity contribution in [1.29, 1.82) is 0 Å². The Bertz CT molecular complexity index is 995. The molecule has 0 spiro atoms. The smallest absolute Gasteiger partial charge is 0.231 e. The molecule has 6 heteroatoms. The highest BCUT2D eigenvalue weighted by atomic mass is 32.1. The van der Waals surface area contributed by atoms with Gasteiger partial charge in [0.05, 0.1) is 16.6 Å². The van der Waals surface area contributed by atoms with Gasteiger partial charge in [0.1, 0.15) is 11.5 Å². The van der Waals surface area contributed by atoms with Gasteiger partial charge in [0.15, 0.2) is 5.13 Å². The van der Waals surface area contributed by atoms with E-state index in [-0.39, 0.29) is 5.91 Å². The molecule has 0 aliphatic carbocycles. The molecular formula is C19H14N2O2S2. The van der Waals surface area contributed by atoms with Crippen molar-refractivity contribution in [3.8, 4) is 11.5 Å². The molecule has 0 bridgehead atoms. The van der Waals surface area contributed by atoms with Crippen LogP contribution in [-0.4, -0.2) is 10.9 Å². The maximum Gasteiger partial charge on any atom is 0.231 e. The van der Waals surface area contributed by atoms with Crippen LogP contribution >= 0.6 is 22.7 Å². The molecule has 0 fully saturated rings. The molecule has 2 aromatic carbocycles. The number of benzene rings is 2. The minimum atomic E-state index is -0.0535. The van der Waals surface area contributed by atoms with Gasteiger partial charge in [0.2, 0.25) is 5.91 Å². The molecule has 0 aliphatic rings. The van der Waals surface area contributed by atoms with E-state index in [1.165, 1.54) is 11.3 Å². The lowest BCUT2D eigenvalue weighted by molar-refractivity contribution is -0.115. The number of aromatic nitrogens is 1. The van der Waals surface area contributed by atoms with Gasteiger partial charge in [-0.15, -0.1) is 11.3 Å². The second-order valence-electron chi connectivity index (χ2n) is 5.37. The zero-order valence-electron chi connectivity index (χ0n) is 13.1. The van der Waals surface area contributed by atoms with Gasteiger partial charge < -0.3 is 10.1 Å². The van der Waals surface area contributed by atoms with Crippen molar-refractivity contribution in [2.24, 2.45) is 0 Å². The highest BCUT2D eigenvalue weighted by molar-refractivity contribution is 7.22. The first-order valence-corrected chi connectivity index (χ1v) is 9.41. The number of hydrogen-bond donors (Lipinski definition) is 1. The van der Waals surface area contributed by atoms with E-state index in [2.05, 4.69) is 10.3 Å². The van der Waals surface area contributed by atoms with Crippen LogP contribution in [0.25, 0.3) is 10.2 Å². The second kappa shape index (κ2) is 7.04. The highest BCUT2D eigenvalue weighted by Gasteiger charge is 2.10. The molecule has 0 radical (unpaired) electrons. The number of ether oxygens (including phenoxy) is 1. The summed E-state index contributed by atoms with van der Waals surface area (Å²) >= 11 is 3.02. The summed E-state index contributed by atoms with van der Waals surface area (Å²) in [4.78, 5) is 17.6. The van der Waals surface area contributed by atoms with Crippen LogP contribution in [0.5, 0.6) is 11.5 Å². The van der Waals surface area contributed by atoms with Gasteiger partial charge in [0, 0.05) is 10.9 Å². The topological polar surface area (TPSA) is 51.2 Å². The third-order valence-corrected chi connectivity index (χ3v) is 5.31. The van der Waals surface area contributed by atoms with Gasteiger partial charge in [-0.25, -0.2) is 4.98 Å². The van der Waals surface area contributed by atoms with E-state index < -0.39 is 0 Å². The maximum absolute atomic E-state index is 12.1. The molecule has 4 rings (SSSR count). The average molecular weight is 366 g/mol. The molecule has 25 heavy (non-hydrogen) atoms. The molecule has 0 atom stereocenters. The van der Waals surface area contributed by atoms with Crippen molar-refractivity contribution in [3.63, 3.8) is 0 Å². The zero-order valence-corrected chi connectivity index (χ0v) is 14.8. The molecule has 4 aromatic rings. The van der Waals surface area contributed by atoms with Gasteiger partial charge >= 0.3 is 0 Å². The fourth-order valence-electron chi connectivity index (χ4n) is 2.38. The summed E-state index contributed by atoms with van der Waals surface area (Å²) in [6.07, 6.45) is 0.371. The quantitative estimate of drug-likeness (QED) is 0.519. The summed E-state index contributed by atoms with van der Waals surface area (Å²) in [5.41, 5.74) is 0.844. The first-order chi connectivity index (χ1) is 12.3. The van der Waals surface area contributed by atoms with Crippen molar-refractivity contribution in [1.82, 2.24) is 4.98 Å². The average Bonchev–Trinajstić information content (AvgIpc) is 3.24. The van der Waals surface area contributed by atoms with Crippen molar-refractivity contribution < 1.29 is 9.53 Å². The van der Waals surface area contributed by atoms with Crippen LogP contribution < -0.4 is 10.1 Å². The van der Waals surface area contributed by atoms with Crippen LogP contribution in [-0.2, 0) is 11.2 Å². The van der Waals surface area contributed by atoms with Crippen LogP contribution in [0.1, 0.15) is 4.88 Å². The number of thiazole rings is 1. The van der Waals surface area contributed by atoms with Crippen LogP contribution in [0, 0.1) is 0 Å². The first kappa shape index (κ1) is 15.8. The number of hydrogen-bond acceptors (Lipinski definition) is 5. The molecular weight excluding hydrogens is 352 g/mol. The SMILES string of the molecule is O=C(Cc1cccs1)Nc1nc2ccc(Oc3ccccc3)cc2s1. The van der Waals surface area contributed by atoms with E-state index in [0.29, 0.717) is 11.6 Å². The number of carbonyl (C=O) groups excluding carboxylic acids is 1. The minimum absolute atomic E-state index is 0.0535. The third kappa shape index (κ3) is 3.87. The Balaban J connectivity index is 1.49. The number of nitrogens with one attached hydrogen (secondary N) is 1. The van der Waals surface area contributed by atoms with Crippen molar-refractivity contribution in [2.75, 3.05) is 5.32 Å². The van der Waals surface area contributed by atoms with E-state index in [1.807, 2.05) is 66.0 Å². The van der Waals surface area contributed by atoms with E-state index in [4.69, 9.17) is 4.74 Å². The third-order valence-electron chi connectivity index (χ3n) is 3.50. The molecule has 0 saturated heterocycles. The van der Waals surface area contributed by atoms with Crippen LogP contribution in [0.15, 0.2) is 66.0 Å². The van der Waals surface area contributed by atoms with E-state index in [0.717, 1.165) is 26.6 Å². The van der Waals surface area contributed by atoms with Gasteiger partial charge in [0.25, 0.3) is 0 Å². The molecule has 2 heterocycles. The van der Waals surface area contributed by atoms with E-state index in [1.54, 1.807) is 11.3 Å². The van der Waals surface area contributed by atoms with Gasteiger partial charge in [-0.1, -0.05) is 35.6 Å². The second-order valence-corrected chi connectivity index (χ2v) is 7.43.